The van der Waals surface area contributed by atoms with Crippen molar-refractivity contribution in [3.05, 3.63) is 60.5 Å². The molecule has 1 aromatic heterocycles. The third-order valence-corrected chi connectivity index (χ3v) is 4.23. The average molecular weight is 397 g/mol. The third kappa shape index (κ3) is 5.55. The number of likely N-dealkylation sites (N-methyl/N-ethyl adjacent to an activating group) is 1. The van der Waals surface area contributed by atoms with E-state index in [1.54, 1.807) is 16.9 Å². The number of carbonyl (C=O) groups is 1. The van der Waals surface area contributed by atoms with Crippen molar-refractivity contribution in [1.29, 1.82) is 0 Å². The summed E-state index contributed by atoms with van der Waals surface area (Å²) in [5.74, 6) is 0.349. The number of hydrogen-bond acceptors (Lipinski definition) is 4. The molecule has 7 nitrogen and oxygen atoms in total. The lowest BCUT2D eigenvalue weighted by Gasteiger charge is -2.16. The predicted molar refractivity (Wildman–Crippen MR) is 112 cm³/mol. The van der Waals surface area contributed by atoms with Crippen molar-refractivity contribution in [1.82, 2.24) is 14.7 Å². The maximum atomic E-state index is 13.0. The number of halogens is 1. The van der Waals surface area contributed by atoms with Gasteiger partial charge in [-0.25, -0.2) is 9.18 Å². The summed E-state index contributed by atoms with van der Waals surface area (Å²) < 4.78 is 20.7. The van der Waals surface area contributed by atoms with Crippen LogP contribution in [-0.2, 0) is 7.05 Å². The molecule has 0 aliphatic heterocycles. The molecule has 2 aromatic carbocycles. The third-order valence-electron chi connectivity index (χ3n) is 4.23. The first-order chi connectivity index (χ1) is 13.9. The van der Waals surface area contributed by atoms with Crippen molar-refractivity contribution in [3.8, 4) is 17.0 Å². The Morgan fingerprint density at radius 2 is 1.79 bits per heavy atom. The Balaban J connectivity index is 1.77. The molecule has 3 rings (SSSR count). The van der Waals surface area contributed by atoms with Gasteiger partial charge in [-0.2, -0.15) is 5.10 Å². The lowest BCUT2D eigenvalue weighted by Crippen LogP contribution is -2.20. The highest BCUT2D eigenvalue weighted by Crippen LogP contribution is 2.32. The molecule has 8 heteroatoms. The summed E-state index contributed by atoms with van der Waals surface area (Å²) in [5.41, 5.74) is 2.79. The molecule has 2 N–H and O–H groups in total. The van der Waals surface area contributed by atoms with E-state index in [9.17, 15) is 9.18 Å². The quantitative estimate of drug-likeness (QED) is 0.636. The summed E-state index contributed by atoms with van der Waals surface area (Å²) in [7, 11) is 5.82. The Bertz CT molecular complexity index is 969. The molecule has 0 bridgehead atoms. The molecular formula is C21H24FN5O2. The van der Waals surface area contributed by atoms with Gasteiger partial charge in [0, 0.05) is 36.7 Å². The molecule has 0 atom stereocenters. The zero-order chi connectivity index (χ0) is 20.8. The van der Waals surface area contributed by atoms with E-state index in [4.69, 9.17) is 4.74 Å². The van der Waals surface area contributed by atoms with Crippen LogP contribution in [0.1, 0.15) is 0 Å². The lowest BCUT2D eigenvalue weighted by atomic mass is 10.1. The Kier molecular flexibility index (Phi) is 6.46. The highest BCUT2D eigenvalue weighted by atomic mass is 19.1. The molecule has 0 radical (unpaired) electrons. The number of nitrogens with one attached hydrogen (secondary N) is 2. The van der Waals surface area contributed by atoms with E-state index in [-0.39, 0.29) is 5.82 Å². The van der Waals surface area contributed by atoms with Gasteiger partial charge in [-0.3, -0.25) is 4.68 Å². The first kappa shape index (κ1) is 20.3. The van der Waals surface area contributed by atoms with Gasteiger partial charge in [-0.1, -0.05) is 0 Å². The number of aromatic nitrogens is 2. The second kappa shape index (κ2) is 9.20. The standard InChI is InChI=1S/C21H24FN5O2/c1-26(2)12-13-29-20-9-8-17(14-18(20)19-10-11-23-27(19)3)25-21(28)24-16-6-4-15(22)5-7-16/h4-11,14H,12-13H2,1-3H3,(H2,24,25,28). The summed E-state index contributed by atoms with van der Waals surface area (Å²) in [6.45, 7) is 1.32. The SMILES string of the molecule is CN(C)CCOc1ccc(NC(=O)Nc2ccc(F)cc2)cc1-c1ccnn1C. The molecule has 0 fully saturated rings. The van der Waals surface area contributed by atoms with E-state index in [0.29, 0.717) is 23.7 Å². The summed E-state index contributed by atoms with van der Waals surface area (Å²) in [6.07, 6.45) is 1.71. The van der Waals surface area contributed by atoms with Crippen LogP contribution in [0.3, 0.4) is 0 Å². The summed E-state index contributed by atoms with van der Waals surface area (Å²) in [4.78, 5) is 14.3. The summed E-state index contributed by atoms with van der Waals surface area (Å²) in [6, 6.07) is 12.5. The van der Waals surface area contributed by atoms with E-state index in [1.165, 1.54) is 24.3 Å². The van der Waals surface area contributed by atoms with Crippen LogP contribution in [0.4, 0.5) is 20.6 Å². The molecule has 3 aromatic rings. The average Bonchev–Trinajstić information content (AvgIpc) is 3.10. The van der Waals surface area contributed by atoms with Crippen molar-refractivity contribution >= 4 is 17.4 Å². The van der Waals surface area contributed by atoms with Gasteiger partial charge in [0.2, 0.25) is 0 Å². The van der Waals surface area contributed by atoms with Gasteiger partial charge >= 0.3 is 6.03 Å². The smallest absolute Gasteiger partial charge is 0.323 e. The Labute approximate surface area is 169 Å². The number of benzene rings is 2. The van der Waals surface area contributed by atoms with Gasteiger partial charge in [-0.05, 0) is 62.6 Å². The molecule has 0 spiro atoms. The van der Waals surface area contributed by atoms with E-state index >= 15 is 0 Å². The second-order valence-electron chi connectivity index (χ2n) is 6.79. The minimum Gasteiger partial charge on any atom is -0.492 e. The monoisotopic (exact) mass is 397 g/mol. The van der Waals surface area contributed by atoms with Crippen LogP contribution in [0, 0.1) is 5.82 Å². The molecule has 152 valence electrons. The number of ether oxygens (including phenoxy) is 1. The zero-order valence-corrected chi connectivity index (χ0v) is 16.6. The van der Waals surface area contributed by atoms with Crippen molar-refractivity contribution in [2.75, 3.05) is 37.9 Å². The number of anilines is 2. The van der Waals surface area contributed by atoms with Gasteiger partial charge in [0.25, 0.3) is 0 Å². The van der Waals surface area contributed by atoms with Gasteiger partial charge in [0.1, 0.15) is 18.2 Å². The molecule has 29 heavy (non-hydrogen) atoms. The first-order valence-electron chi connectivity index (χ1n) is 9.16. The van der Waals surface area contributed by atoms with Crippen LogP contribution in [0.15, 0.2) is 54.7 Å². The minimum absolute atomic E-state index is 0.360. The second-order valence-corrected chi connectivity index (χ2v) is 6.79. The van der Waals surface area contributed by atoms with Crippen LogP contribution in [0.2, 0.25) is 0 Å². The lowest BCUT2D eigenvalue weighted by molar-refractivity contribution is 0.261. The Hall–Kier alpha value is -3.39. The van der Waals surface area contributed by atoms with Crippen LogP contribution in [0.25, 0.3) is 11.3 Å². The number of rotatable bonds is 7. The van der Waals surface area contributed by atoms with Crippen molar-refractivity contribution < 1.29 is 13.9 Å². The van der Waals surface area contributed by atoms with E-state index < -0.39 is 6.03 Å². The fourth-order valence-electron chi connectivity index (χ4n) is 2.74. The molecular weight excluding hydrogens is 373 g/mol. The Morgan fingerprint density at radius 1 is 1.10 bits per heavy atom. The maximum Gasteiger partial charge on any atom is 0.323 e. The molecule has 2 amide bonds. The summed E-state index contributed by atoms with van der Waals surface area (Å²) >= 11 is 0. The molecule has 1 heterocycles. The number of amides is 2. The van der Waals surface area contributed by atoms with E-state index in [1.807, 2.05) is 44.2 Å². The number of nitrogens with zero attached hydrogens (tertiary/aromatic N) is 3. The number of carbonyl (C=O) groups excluding carboxylic acids is 1. The number of hydrogen-bond donors (Lipinski definition) is 2. The molecule has 0 saturated heterocycles. The fourth-order valence-corrected chi connectivity index (χ4v) is 2.74. The zero-order valence-electron chi connectivity index (χ0n) is 16.6. The maximum absolute atomic E-state index is 13.0. The normalized spacial score (nSPS) is 10.8. The van der Waals surface area contributed by atoms with Gasteiger partial charge in [-0.15, -0.1) is 0 Å². The fraction of sp³-hybridized carbons (Fsp3) is 0.238. The van der Waals surface area contributed by atoms with Crippen LogP contribution >= 0.6 is 0 Å². The Morgan fingerprint density at radius 3 is 2.45 bits per heavy atom. The van der Waals surface area contributed by atoms with Crippen molar-refractivity contribution in [2.24, 2.45) is 7.05 Å². The van der Waals surface area contributed by atoms with Crippen LogP contribution < -0.4 is 15.4 Å². The van der Waals surface area contributed by atoms with Gasteiger partial charge in [0.05, 0.1) is 5.69 Å². The van der Waals surface area contributed by atoms with Gasteiger partial charge < -0.3 is 20.3 Å². The molecule has 0 aliphatic rings. The van der Waals surface area contributed by atoms with Crippen molar-refractivity contribution in [3.63, 3.8) is 0 Å². The molecule has 0 aliphatic carbocycles. The van der Waals surface area contributed by atoms with Crippen LogP contribution in [-0.4, -0.2) is 48.0 Å². The predicted octanol–water partition coefficient (Wildman–Crippen LogP) is 3.81. The highest BCUT2D eigenvalue weighted by molar-refractivity contribution is 6.00. The minimum atomic E-state index is -0.422. The van der Waals surface area contributed by atoms with E-state index in [0.717, 1.165) is 17.8 Å². The van der Waals surface area contributed by atoms with Crippen LogP contribution in [0.5, 0.6) is 5.75 Å². The van der Waals surface area contributed by atoms with E-state index in [2.05, 4.69) is 15.7 Å². The van der Waals surface area contributed by atoms with Gasteiger partial charge in [0.15, 0.2) is 0 Å². The number of aryl methyl sites for hydroxylation is 1. The highest BCUT2D eigenvalue weighted by Gasteiger charge is 2.13. The largest absolute Gasteiger partial charge is 0.492 e. The first-order valence-corrected chi connectivity index (χ1v) is 9.16. The number of urea groups is 1. The molecule has 0 saturated carbocycles. The van der Waals surface area contributed by atoms with Crippen molar-refractivity contribution in [2.45, 2.75) is 0 Å². The molecule has 0 unspecified atom stereocenters. The summed E-state index contributed by atoms with van der Waals surface area (Å²) in [5, 5.41) is 9.68. The topological polar surface area (TPSA) is 71.4 Å².